The van der Waals surface area contributed by atoms with Gasteiger partial charge < -0.3 is 11.2 Å². The van der Waals surface area contributed by atoms with Crippen LogP contribution in [-0.4, -0.2) is 40.8 Å². The molecule has 26 heavy (non-hydrogen) atoms. The van der Waals surface area contributed by atoms with Gasteiger partial charge in [-0.05, 0) is 39.0 Å². The second kappa shape index (κ2) is 7.34. The average molecular weight is 393 g/mol. The van der Waals surface area contributed by atoms with Crippen LogP contribution in [-0.2, 0) is 4.79 Å². The van der Waals surface area contributed by atoms with Crippen LogP contribution in [0.1, 0.15) is 18.3 Å². The van der Waals surface area contributed by atoms with Gasteiger partial charge in [0.1, 0.15) is 5.82 Å². The predicted molar refractivity (Wildman–Crippen MR) is 100.0 cm³/mol. The number of nitrogen functional groups attached to an aromatic ring is 1. The first kappa shape index (κ1) is 18.2. The summed E-state index contributed by atoms with van der Waals surface area (Å²) in [7, 11) is 0. The Labute approximate surface area is 158 Å². The molecule has 0 radical (unpaired) electrons. The Bertz CT molecular complexity index is 936. The van der Waals surface area contributed by atoms with E-state index in [4.69, 9.17) is 17.4 Å². The lowest BCUT2D eigenvalue weighted by Gasteiger charge is -2.11. The normalized spacial score (nSPS) is 12.2. The Hall–Kier alpha value is -2.59. The first-order valence-electron chi connectivity index (χ1n) is 7.68. The fraction of sp³-hybridized carbons (Fsp3) is 0.267. The van der Waals surface area contributed by atoms with Gasteiger partial charge in [0, 0.05) is 11.9 Å². The van der Waals surface area contributed by atoms with E-state index in [0.29, 0.717) is 21.9 Å². The maximum Gasteiger partial charge on any atom is 0.271 e. The van der Waals surface area contributed by atoms with Crippen LogP contribution >= 0.6 is 23.4 Å². The summed E-state index contributed by atoms with van der Waals surface area (Å²) in [5.41, 5.74) is 1.74. The number of carbonyl (C=O) groups excluding carboxylic acids is 1. The fourth-order valence-corrected chi connectivity index (χ4v) is 3.09. The number of pyridine rings is 1. The average Bonchev–Trinajstić information content (AvgIpc) is 3.11. The van der Waals surface area contributed by atoms with Crippen LogP contribution < -0.4 is 11.2 Å². The molecule has 3 N–H and O–H groups in total. The van der Waals surface area contributed by atoms with Gasteiger partial charge in [-0.1, -0.05) is 23.4 Å². The van der Waals surface area contributed by atoms with E-state index in [0.717, 1.165) is 11.4 Å². The molecule has 0 aliphatic heterocycles. The van der Waals surface area contributed by atoms with E-state index >= 15 is 0 Å². The molecule has 0 aromatic carbocycles. The van der Waals surface area contributed by atoms with E-state index in [2.05, 4.69) is 25.6 Å². The molecule has 0 saturated heterocycles. The van der Waals surface area contributed by atoms with E-state index in [1.54, 1.807) is 23.7 Å². The molecule has 0 saturated carbocycles. The minimum Gasteiger partial charge on any atom is -0.334 e. The number of amides is 1. The van der Waals surface area contributed by atoms with E-state index in [-0.39, 0.29) is 5.91 Å². The van der Waals surface area contributed by atoms with E-state index in [1.807, 2.05) is 19.9 Å². The van der Waals surface area contributed by atoms with Crippen molar-refractivity contribution in [1.82, 2.24) is 29.6 Å². The zero-order valence-electron chi connectivity index (χ0n) is 14.3. The fourth-order valence-electron chi connectivity index (χ4n) is 2.21. The number of thioether (sulfide) groups is 1. The minimum atomic E-state index is -0.465. The highest BCUT2D eigenvalue weighted by Crippen LogP contribution is 2.23. The van der Waals surface area contributed by atoms with Gasteiger partial charge in [-0.2, -0.15) is 5.10 Å². The van der Waals surface area contributed by atoms with Crippen molar-refractivity contribution in [3.05, 3.63) is 40.8 Å². The van der Waals surface area contributed by atoms with Crippen LogP contribution in [0.2, 0.25) is 5.02 Å². The van der Waals surface area contributed by atoms with E-state index in [1.165, 1.54) is 22.6 Å². The molecule has 0 bridgehead atoms. The number of nitrogens with two attached hydrogens (primary N) is 1. The predicted octanol–water partition coefficient (Wildman–Crippen LogP) is 1.96. The molecule has 136 valence electrons. The number of aryl methyl sites for hydroxylation is 2. The monoisotopic (exact) mass is 392 g/mol. The summed E-state index contributed by atoms with van der Waals surface area (Å²) in [6.45, 7) is 5.53. The van der Waals surface area contributed by atoms with Crippen LogP contribution in [0.3, 0.4) is 0 Å². The summed E-state index contributed by atoms with van der Waals surface area (Å²) < 4.78 is 2.92. The van der Waals surface area contributed by atoms with Gasteiger partial charge in [0.15, 0.2) is 0 Å². The number of aromatic nitrogens is 6. The molecule has 3 aromatic rings. The van der Waals surface area contributed by atoms with Gasteiger partial charge in [-0.15, -0.1) is 10.2 Å². The Balaban J connectivity index is 1.71. The highest BCUT2D eigenvalue weighted by Gasteiger charge is 2.21. The third-order valence-electron chi connectivity index (χ3n) is 3.48. The van der Waals surface area contributed by atoms with Gasteiger partial charge in [-0.3, -0.25) is 4.79 Å². The lowest BCUT2D eigenvalue weighted by Crippen LogP contribution is -2.24. The van der Waals surface area contributed by atoms with Crippen molar-refractivity contribution >= 4 is 35.1 Å². The first-order valence-corrected chi connectivity index (χ1v) is 8.94. The quantitative estimate of drug-likeness (QED) is 0.503. The van der Waals surface area contributed by atoms with Crippen molar-refractivity contribution in [1.29, 1.82) is 0 Å². The molecule has 0 spiro atoms. The van der Waals surface area contributed by atoms with Crippen molar-refractivity contribution < 1.29 is 4.79 Å². The zero-order valence-corrected chi connectivity index (χ0v) is 15.9. The molecule has 11 heteroatoms. The lowest BCUT2D eigenvalue weighted by atomic mass is 10.4. The molecular formula is C15H17ClN8OS. The van der Waals surface area contributed by atoms with Gasteiger partial charge in [0.2, 0.25) is 11.1 Å². The van der Waals surface area contributed by atoms with Gasteiger partial charge in [0.25, 0.3) is 5.95 Å². The highest BCUT2D eigenvalue weighted by atomic mass is 35.5. The van der Waals surface area contributed by atoms with Gasteiger partial charge in [0.05, 0.1) is 16.0 Å². The molecule has 1 amide bonds. The topological polar surface area (TPSA) is 117 Å². The standard InChI is InChI=1S/C15H17ClN8OS/c1-8-6-9(2)24(22-8)14-20-21-15(23(14)17)26-10(3)13(25)19-12-5-4-11(16)7-18-12/h4-7,10H,17H2,1-3H3,(H,18,19,25)/t10-/m0/s1. The number of hydrogen-bond acceptors (Lipinski definition) is 7. The Kier molecular flexibility index (Phi) is 5.14. The SMILES string of the molecule is Cc1cc(C)n(-c2nnc(S[C@@H](C)C(=O)Nc3ccc(Cl)cn3)n2N)n1. The van der Waals surface area contributed by atoms with Crippen LogP contribution in [0.4, 0.5) is 5.82 Å². The summed E-state index contributed by atoms with van der Waals surface area (Å²) in [5.74, 6) is 6.65. The maximum atomic E-state index is 12.3. The largest absolute Gasteiger partial charge is 0.334 e. The lowest BCUT2D eigenvalue weighted by molar-refractivity contribution is -0.115. The number of hydrogen-bond donors (Lipinski definition) is 2. The smallest absolute Gasteiger partial charge is 0.271 e. The molecular weight excluding hydrogens is 376 g/mol. The summed E-state index contributed by atoms with van der Waals surface area (Å²) >= 11 is 6.97. The first-order chi connectivity index (χ1) is 12.3. The molecule has 1 atom stereocenters. The van der Waals surface area contributed by atoms with Crippen LogP contribution in [0.25, 0.3) is 5.95 Å². The number of halogens is 1. The van der Waals surface area contributed by atoms with Crippen molar-refractivity contribution in [3.8, 4) is 5.95 Å². The Morgan fingerprint density at radius 2 is 2.12 bits per heavy atom. The molecule has 3 heterocycles. The Morgan fingerprint density at radius 1 is 1.35 bits per heavy atom. The summed E-state index contributed by atoms with van der Waals surface area (Å²) in [5, 5.41) is 15.6. The number of anilines is 1. The number of nitrogens with one attached hydrogen (secondary N) is 1. The summed E-state index contributed by atoms with van der Waals surface area (Å²) in [6.07, 6.45) is 1.46. The highest BCUT2D eigenvalue weighted by molar-refractivity contribution is 8.00. The van der Waals surface area contributed by atoms with Crippen LogP contribution in [0, 0.1) is 13.8 Å². The molecule has 3 rings (SSSR count). The second-order valence-corrected chi connectivity index (χ2v) is 7.35. The van der Waals surface area contributed by atoms with Crippen molar-refractivity contribution in [2.75, 3.05) is 11.2 Å². The zero-order chi connectivity index (χ0) is 18.8. The van der Waals surface area contributed by atoms with Crippen molar-refractivity contribution in [2.45, 2.75) is 31.2 Å². The molecule has 9 nitrogen and oxygen atoms in total. The van der Waals surface area contributed by atoms with E-state index in [9.17, 15) is 4.79 Å². The van der Waals surface area contributed by atoms with E-state index < -0.39 is 5.25 Å². The third-order valence-corrected chi connectivity index (χ3v) is 4.76. The van der Waals surface area contributed by atoms with Crippen LogP contribution in [0.15, 0.2) is 29.6 Å². The van der Waals surface area contributed by atoms with Crippen molar-refractivity contribution in [3.63, 3.8) is 0 Å². The third kappa shape index (κ3) is 3.81. The second-order valence-electron chi connectivity index (χ2n) is 5.60. The molecule has 0 fully saturated rings. The minimum absolute atomic E-state index is 0.236. The number of nitrogens with zero attached hydrogens (tertiary/aromatic N) is 6. The summed E-state index contributed by atoms with van der Waals surface area (Å²) in [4.78, 5) is 16.4. The maximum absolute atomic E-state index is 12.3. The van der Waals surface area contributed by atoms with Gasteiger partial charge in [-0.25, -0.2) is 14.3 Å². The molecule has 3 aromatic heterocycles. The summed E-state index contributed by atoms with van der Waals surface area (Å²) in [6, 6.07) is 5.19. The molecule has 0 unspecified atom stereocenters. The van der Waals surface area contributed by atoms with Crippen molar-refractivity contribution in [2.24, 2.45) is 0 Å². The number of rotatable bonds is 5. The van der Waals surface area contributed by atoms with Crippen LogP contribution in [0.5, 0.6) is 0 Å². The Morgan fingerprint density at radius 3 is 2.73 bits per heavy atom. The molecule has 0 aliphatic rings. The molecule has 0 aliphatic carbocycles. The number of carbonyl (C=O) groups is 1. The van der Waals surface area contributed by atoms with Gasteiger partial charge >= 0.3 is 0 Å².